The zero-order valence-electron chi connectivity index (χ0n) is 10.2. The average molecular weight is 231 g/mol. The average Bonchev–Trinajstić information content (AvgIpc) is 2.35. The molecule has 3 heteroatoms. The van der Waals surface area contributed by atoms with Crippen molar-refractivity contribution in [3.8, 4) is 17.6 Å². The van der Waals surface area contributed by atoms with Crippen LogP contribution in [0, 0.1) is 11.8 Å². The molecule has 0 aliphatic rings. The fourth-order valence-electron chi connectivity index (χ4n) is 1.47. The molecule has 1 aromatic carbocycles. The Hall–Kier alpha value is -1.95. The van der Waals surface area contributed by atoms with Crippen LogP contribution in [0.25, 0.3) is 0 Å². The number of carbonyl (C=O) groups is 1. The van der Waals surface area contributed by atoms with Crippen molar-refractivity contribution in [3.63, 3.8) is 0 Å². The van der Waals surface area contributed by atoms with Crippen molar-refractivity contribution in [2.75, 3.05) is 13.7 Å². The first-order chi connectivity index (χ1) is 8.27. The molecule has 0 aliphatic heterocycles. The summed E-state index contributed by atoms with van der Waals surface area (Å²) in [7, 11) is 1.60. The Bertz CT molecular complexity index is 429. The molecule has 0 unspecified atom stereocenters. The summed E-state index contributed by atoms with van der Waals surface area (Å²) in [4.78, 5) is 11.6. The van der Waals surface area contributed by atoms with Crippen LogP contribution in [0.2, 0.25) is 0 Å². The van der Waals surface area contributed by atoms with E-state index in [0.717, 1.165) is 11.3 Å². The molecule has 0 spiro atoms. The molecular formula is C14H17NO2. The molecule has 3 nitrogen and oxygen atoms in total. The van der Waals surface area contributed by atoms with Gasteiger partial charge in [0.05, 0.1) is 13.5 Å². The van der Waals surface area contributed by atoms with Crippen molar-refractivity contribution in [2.24, 2.45) is 0 Å². The molecule has 1 amide bonds. The van der Waals surface area contributed by atoms with Gasteiger partial charge in [0.1, 0.15) is 5.75 Å². The van der Waals surface area contributed by atoms with Crippen molar-refractivity contribution in [2.45, 2.75) is 19.8 Å². The van der Waals surface area contributed by atoms with Crippen LogP contribution < -0.4 is 10.1 Å². The number of hydrogen-bond donors (Lipinski definition) is 1. The van der Waals surface area contributed by atoms with E-state index in [-0.39, 0.29) is 5.91 Å². The first-order valence-corrected chi connectivity index (χ1v) is 5.56. The number of benzene rings is 1. The highest BCUT2D eigenvalue weighted by atomic mass is 16.5. The van der Waals surface area contributed by atoms with Gasteiger partial charge in [-0.1, -0.05) is 18.2 Å². The second-order valence-electron chi connectivity index (χ2n) is 3.52. The van der Waals surface area contributed by atoms with Gasteiger partial charge in [-0.3, -0.25) is 4.79 Å². The molecule has 90 valence electrons. The molecule has 1 aromatic rings. The summed E-state index contributed by atoms with van der Waals surface area (Å²) in [5.74, 6) is 6.43. The van der Waals surface area contributed by atoms with Crippen molar-refractivity contribution >= 4 is 5.91 Å². The van der Waals surface area contributed by atoms with Gasteiger partial charge in [0.15, 0.2) is 0 Å². The van der Waals surface area contributed by atoms with E-state index in [1.807, 2.05) is 24.3 Å². The predicted octanol–water partition coefficient (Wildman–Crippen LogP) is 1.77. The van der Waals surface area contributed by atoms with E-state index in [0.29, 0.717) is 19.4 Å². The molecule has 1 N–H and O–H groups in total. The van der Waals surface area contributed by atoms with E-state index in [1.54, 1.807) is 14.0 Å². The fraction of sp³-hybridized carbons (Fsp3) is 0.357. The van der Waals surface area contributed by atoms with Crippen LogP contribution >= 0.6 is 0 Å². The topological polar surface area (TPSA) is 38.3 Å². The normalized spacial score (nSPS) is 9.06. The Balaban J connectivity index is 2.46. The first-order valence-electron chi connectivity index (χ1n) is 5.56. The Morgan fingerprint density at radius 1 is 1.41 bits per heavy atom. The van der Waals surface area contributed by atoms with Gasteiger partial charge in [-0.25, -0.2) is 0 Å². The van der Waals surface area contributed by atoms with E-state index in [2.05, 4.69) is 17.2 Å². The van der Waals surface area contributed by atoms with Crippen LogP contribution in [0.4, 0.5) is 0 Å². The van der Waals surface area contributed by atoms with Gasteiger partial charge in [-0.2, -0.15) is 0 Å². The third kappa shape index (κ3) is 4.60. The van der Waals surface area contributed by atoms with Crippen molar-refractivity contribution in [1.29, 1.82) is 0 Å². The van der Waals surface area contributed by atoms with E-state index in [9.17, 15) is 4.79 Å². The van der Waals surface area contributed by atoms with Gasteiger partial charge in [-0.15, -0.1) is 11.8 Å². The van der Waals surface area contributed by atoms with Crippen molar-refractivity contribution < 1.29 is 9.53 Å². The first kappa shape index (κ1) is 13.1. The summed E-state index contributed by atoms with van der Waals surface area (Å²) in [5.41, 5.74) is 0.897. The minimum Gasteiger partial charge on any atom is -0.496 e. The highest BCUT2D eigenvalue weighted by Gasteiger charge is 2.06. The number of ether oxygens (including phenoxy) is 1. The SMILES string of the molecule is CC#CCCNC(=O)Cc1ccccc1OC. The highest BCUT2D eigenvalue weighted by molar-refractivity contribution is 5.79. The van der Waals surface area contributed by atoms with Crippen LogP contribution in [-0.4, -0.2) is 19.6 Å². The largest absolute Gasteiger partial charge is 0.496 e. The number of para-hydroxylation sites is 1. The molecule has 0 atom stereocenters. The lowest BCUT2D eigenvalue weighted by Crippen LogP contribution is -2.26. The van der Waals surface area contributed by atoms with Crippen LogP contribution in [0.3, 0.4) is 0 Å². The van der Waals surface area contributed by atoms with Gasteiger partial charge >= 0.3 is 0 Å². The number of hydrogen-bond acceptors (Lipinski definition) is 2. The summed E-state index contributed by atoms with van der Waals surface area (Å²) < 4.78 is 5.19. The maximum atomic E-state index is 11.6. The minimum absolute atomic E-state index is 0.00703. The monoisotopic (exact) mass is 231 g/mol. The minimum atomic E-state index is -0.00703. The number of nitrogens with one attached hydrogen (secondary N) is 1. The second kappa shape index (κ2) is 7.34. The zero-order valence-corrected chi connectivity index (χ0v) is 10.2. The standard InChI is InChI=1S/C14H17NO2/c1-3-4-7-10-15-14(16)11-12-8-5-6-9-13(12)17-2/h5-6,8-9H,7,10-11H2,1-2H3,(H,15,16). The zero-order chi connectivity index (χ0) is 12.5. The highest BCUT2D eigenvalue weighted by Crippen LogP contribution is 2.17. The lowest BCUT2D eigenvalue weighted by molar-refractivity contribution is -0.120. The lowest BCUT2D eigenvalue weighted by atomic mass is 10.1. The number of amides is 1. The van der Waals surface area contributed by atoms with Crippen molar-refractivity contribution in [3.05, 3.63) is 29.8 Å². The van der Waals surface area contributed by atoms with Gasteiger partial charge in [0.2, 0.25) is 5.91 Å². The quantitative estimate of drug-likeness (QED) is 0.619. The molecule has 0 bridgehead atoms. The van der Waals surface area contributed by atoms with Gasteiger partial charge in [0, 0.05) is 18.5 Å². The summed E-state index contributed by atoms with van der Waals surface area (Å²) in [6, 6.07) is 7.53. The van der Waals surface area contributed by atoms with Crippen LogP contribution in [-0.2, 0) is 11.2 Å². The molecule has 0 radical (unpaired) electrons. The summed E-state index contributed by atoms with van der Waals surface area (Å²) in [6.45, 7) is 2.38. The molecule has 0 aliphatic carbocycles. The Morgan fingerprint density at radius 2 is 2.18 bits per heavy atom. The molecule has 0 saturated carbocycles. The molecule has 1 rings (SSSR count). The second-order valence-corrected chi connectivity index (χ2v) is 3.52. The molecule has 0 heterocycles. The molecule has 17 heavy (non-hydrogen) atoms. The van der Waals surface area contributed by atoms with E-state index >= 15 is 0 Å². The fourth-order valence-corrected chi connectivity index (χ4v) is 1.47. The third-order valence-electron chi connectivity index (χ3n) is 2.29. The third-order valence-corrected chi connectivity index (χ3v) is 2.29. The summed E-state index contributed by atoms with van der Waals surface area (Å²) in [5, 5.41) is 2.82. The lowest BCUT2D eigenvalue weighted by Gasteiger charge is -2.07. The van der Waals surface area contributed by atoms with Crippen molar-refractivity contribution in [1.82, 2.24) is 5.32 Å². The Labute approximate surface area is 102 Å². The Morgan fingerprint density at radius 3 is 2.88 bits per heavy atom. The summed E-state index contributed by atoms with van der Waals surface area (Å²) in [6.07, 6.45) is 1.03. The summed E-state index contributed by atoms with van der Waals surface area (Å²) >= 11 is 0. The molecule has 0 fully saturated rings. The van der Waals surface area contributed by atoms with Crippen LogP contribution in [0.15, 0.2) is 24.3 Å². The van der Waals surface area contributed by atoms with Gasteiger partial charge in [-0.05, 0) is 13.0 Å². The molecular weight excluding hydrogens is 214 g/mol. The number of rotatable bonds is 5. The smallest absolute Gasteiger partial charge is 0.224 e. The number of methoxy groups -OCH3 is 1. The van der Waals surface area contributed by atoms with E-state index < -0.39 is 0 Å². The van der Waals surface area contributed by atoms with E-state index in [1.165, 1.54) is 0 Å². The molecule has 0 aromatic heterocycles. The number of carbonyl (C=O) groups excluding carboxylic acids is 1. The van der Waals surface area contributed by atoms with Gasteiger partial charge in [0.25, 0.3) is 0 Å². The van der Waals surface area contributed by atoms with Crippen LogP contribution in [0.5, 0.6) is 5.75 Å². The maximum absolute atomic E-state index is 11.6. The van der Waals surface area contributed by atoms with E-state index in [4.69, 9.17) is 4.74 Å². The molecule has 0 saturated heterocycles. The van der Waals surface area contributed by atoms with Gasteiger partial charge < -0.3 is 10.1 Å². The van der Waals surface area contributed by atoms with Crippen LogP contribution in [0.1, 0.15) is 18.9 Å². The maximum Gasteiger partial charge on any atom is 0.224 e. The Kier molecular flexibility index (Phi) is 5.67. The predicted molar refractivity (Wildman–Crippen MR) is 67.8 cm³/mol.